The van der Waals surface area contributed by atoms with Crippen molar-refractivity contribution >= 4 is 37.4 Å². The van der Waals surface area contributed by atoms with Gasteiger partial charge < -0.3 is 24.1 Å². The molecule has 10 nitrogen and oxygen atoms in total. The van der Waals surface area contributed by atoms with Crippen molar-refractivity contribution in [2.24, 2.45) is 11.8 Å². The Hall–Kier alpha value is -1.86. The lowest BCUT2D eigenvalue weighted by atomic mass is 9.92. The normalized spacial score (nSPS) is 18.3. The second-order valence-electron chi connectivity index (χ2n) is 13.9. The molecular formula is C36H66N4O6SSi. The highest BCUT2D eigenvalue weighted by molar-refractivity contribution is 7.09. The summed E-state index contributed by atoms with van der Waals surface area (Å²) in [4.78, 5) is 49.6. The number of esters is 1. The molecule has 48 heavy (non-hydrogen) atoms. The van der Waals surface area contributed by atoms with Crippen LogP contribution in [0.25, 0.3) is 0 Å². The van der Waals surface area contributed by atoms with Crippen molar-refractivity contribution in [1.29, 1.82) is 0 Å². The lowest BCUT2D eigenvalue weighted by Gasteiger charge is -2.41. The van der Waals surface area contributed by atoms with Crippen LogP contribution in [-0.2, 0) is 23.5 Å². The first-order chi connectivity index (χ1) is 22.9. The summed E-state index contributed by atoms with van der Waals surface area (Å²) in [6.45, 7) is 18.7. The molecule has 2 heterocycles. The highest BCUT2D eigenvalue weighted by Crippen LogP contribution is 2.37. The van der Waals surface area contributed by atoms with E-state index in [1.54, 1.807) is 5.38 Å². The molecule has 0 spiro atoms. The van der Waals surface area contributed by atoms with Crippen molar-refractivity contribution in [3.8, 4) is 0 Å². The predicted molar refractivity (Wildman–Crippen MR) is 197 cm³/mol. The van der Waals surface area contributed by atoms with E-state index in [2.05, 4.69) is 58.7 Å². The first-order valence-corrected chi connectivity index (χ1v) is 21.9. The second-order valence-corrected chi connectivity index (χ2v) is 19.5. The standard InChI is InChI=1S/C36H66N4O6SSi/c1-11-16-19-22-45-25-40(35(42)32(27(8)12-2)38-33(41)29-20-17-18-21-39(29)9)30(26(6)7)23-31(46-48(13-3,14-4)15-5)34-37-28(24-47-34)36(43)44-10/h24,26-27,29-32H,11-23,25H2,1-10H3,(H,38,41)/t27-,29?,30+,31-,32?/m0/s1. The van der Waals surface area contributed by atoms with Gasteiger partial charge in [0.15, 0.2) is 14.0 Å². The molecule has 1 aromatic heterocycles. The predicted octanol–water partition coefficient (Wildman–Crippen LogP) is 7.42. The third-order valence-electron chi connectivity index (χ3n) is 10.4. The molecule has 1 aliphatic heterocycles. The summed E-state index contributed by atoms with van der Waals surface area (Å²) >= 11 is 1.40. The van der Waals surface area contributed by atoms with Crippen LogP contribution in [0, 0.1) is 11.8 Å². The van der Waals surface area contributed by atoms with Crippen LogP contribution in [-0.4, -0.2) is 93.1 Å². The number of amides is 2. The van der Waals surface area contributed by atoms with Gasteiger partial charge in [0.1, 0.15) is 17.8 Å². The molecule has 2 amide bonds. The molecule has 0 radical (unpaired) electrons. The van der Waals surface area contributed by atoms with Gasteiger partial charge in [-0.3, -0.25) is 14.5 Å². The Morgan fingerprint density at radius 1 is 1.08 bits per heavy atom. The summed E-state index contributed by atoms with van der Waals surface area (Å²) in [7, 11) is 1.22. The number of ether oxygens (including phenoxy) is 2. The quantitative estimate of drug-likeness (QED) is 0.0574. The number of hydrogen-bond donors (Lipinski definition) is 1. The van der Waals surface area contributed by atoms with E-state index in [0.717, 1.165) is 74.6 Å². The number of nitrogens with zero attached hydrogens (tertiary/aromatic N) is 3. The fourth-order valence-corrected chi connectivity index (χ4v) is 10.3. The number of thiazole rings is 1. The number of methoxy groups -OCH3 is 1. The number of rotatable bonds is 22. The lowest BCUT2D eigenvalue weighted by molar-refractivity contribution is -0.149. The van der Waals surface area contributed by atoms with E-state index < -0.39 is 26.4 Å². The summed E-state index contributed by atoms with van der Waals surface area (Å²) in [6.07, 6.45) is 6.77. The molecular weight excluding hydrogens is 645 g/mol. The lowest BCUT2D eigenvalue weighted by Crippen LogP contribution is -2.59. The number of likely N-dealkylation sites (tertiary alicyclic amines) is 1. The van der Waals surface area contributed by atoms with Gasteiger partial charge in [-0.05, 0) is 69.2 Å². The highest BCUT2D eigenvalue weighted by Gasteiger charge is 2.40. The first-order valence-electron chi connectivity index (χ1n) is 18.5. The molecule has 0 bridgehead atoms. The average molecular weight is 711 g/mol. The Kier molecular flexibility index (Phi) is 18.8. The van der Waals surface area contributed by atoms with Gasteiger partial charge in [0.25, 0.3) is 0 Å². The van der Waals surface area contributed by atoms with Crippen molar-refractivity contribution in [1.82, 2.24) is 20.1 Å². The van der Waals surface area contributed by atoms with Crippen LogP contribution in [0.3, 0.4) is 0 Å². The molecule has 2 unspecified atom stereocenters. The highest BCUT2D eigenvalue weighted by atomic mass is 32.1. The second kappa shape index (κ2) is 21.4. The van der Waals surface area contributed by atoms with E-state index in [1.165, 1.54) is 18.4 Å². The Morgan fingerprint density at radius 3 is 2.33 bits per heavy atom. The van der Waals surface area contributed by atoms with Crippen molar-refractivity contribution in [2.75, 3.05) is 34.0 Å². The van der Waals surface area contributed by atoms with Crippen LogP contribution in [0.1, 0.15) is 128 Å². The summed E-state index contributed by atoms with van der Waals surface area (Å²) < 4.78 is 18.3. The minimum Gasteiger partial charge on any atom is -0.464 e. The number of piperidine rings is 1. The monoisotopic (exact) mass is 710 g/mol. The van der Waals surface area contributed by atoms with Gasteiger partial charge in [-0.2, -0.15) is 0 Å². The first kappa shape index (κ1) is 42.3. The molecule has 1 saturated heterocycles. The van der Waals surface area contributed by atoms with E-state index in [-0.39, 0.29) is 48.2 Å². The van der Waals surface area contributed by atoms with Crippen molar-refractivity contribution in [2.45, 2.75) is 149 Å². The molecule has 276 valence electrons. The average Bonchev–Trinajstić information content (AvgIpc) is 3.59. The Labute approximate surface area is 296 Å². The van der Waals surface area contributed by atoms with E-state index in [1.807, 2.05) is 18.9 Å². The molecule has 1 aromatic rings. The number of hydrogen-bond acceptors (Lipinski definition) is 9. The molecule has 5 atom stereocenters. The molecule has 0 saturated carbocycles. The van der Waals surface area contributed by atoms with Crippen molar-refractivity contribution in [3.63, 3.8) is 0 Å². The van der Waals surface area contributed by atoms with Gasteiger partial charge >= 0.3 is 5.97 Å². The van der Waals surface area contributed by atoms with Crippen LogP contribution in [0.15, 0.2) is 5.38 Å². The molecule has 0 aliphatic carbocycles. The fourth-order valence-electron chi connectivity index (χ4n) is 6.57. The van der Waals surface area contributed by atoms with Crippen molar-refractivity contribution in [3.05, 3.63) is 16.1 Å². The minimum absolute atomic E-state index is 0.0537. The van der Waals surface area contributed by atoms with E-state index in [4.69, 9.17) is 18.9 Å². The maximum atomic E-state index is 14.8. The smallest absolute Gasteiger partial charge is 0.357 e. The Morgan fingerprint density at radius 2 is 1.77 bits per heavy atom. The fraction of sp³-hybridized carbons (Fsp3) is 0.833. The zero-order valence-electron chi connectivity index (χ0n) is 31.6. The topological polar surface area (TPSA) is 110 Å². The summed E-state index contributed by atoms with van der Waals surface area (Å²) in [5, 5.41) is 5.66. The van der Waals surface area contributed by atoms with Gasteiger partial charge in [-0.1, -0.05) is 81.1 Å². The van der Waals surface area contributed by atoms with Crippen LogP contribution in [0.4, 0.5) is 0 Å². The van der Waals surface area contributed by atoms with Gasteiger partial charge in [0.05, 0.1) is 19.3 Å². The van der Waals surface area contributed by atoms with E-state index in [0.29, 0.717) is 13.0 Å². The maximum absolute atomic E-state index is 14.8. The van der Waals surface area contributed by atoms with Crippen LogP contribution >= 0.6 is 11.3 Å². The molecule has 2 rings (SSSR count). The van der Waals surface area contributed by atoms with Crippen molar-refractivity contribution < 1.29 is 28.3 Å². The van der Waals surface area contributed by atoms with Gasteiger partial charge in [0.2, 0.25) is 11.8 Å². The van der Waals surface area contributed by atoms with E-state index >= 15 is 0 Å². The zero-order chi connectivity index (χ0) is 35.9. The SMILES string of the molecule is CCCCCOCN(C(=O)C(NC(=O)C1CCCCN1C)[C@@H](C)CC)[C@H](C[C@H](O[Si](CC)(CC)CC)c1nc(C(=O)OC)cs1)C(C)C. The summed E-state index contributed by atoms with van der Waals surface area (Å²) in [6, 6.07) is 1.69. The number of aromatic nitrogens is 1. The molecule has 1 N–H and O–H groups in total. The third kappa shape index (κ3) is 11.9. The van der Waals surface area contributed by atoms with Crippen LogP contribution < -0.4 is 5.32 Å². The Bertz CT molecular complexity index is 1110. The minimum atomic E-state index is -2.13. The number of carbonyl (C=O) groups excluding carboxylic acids is 3. The van der Waals surface area contributed by atoms with Gasteiger partial charge in [-0.25, -0.2) is 9.78 Å². The van der Waals surface area contributed by atoms with Crippen LogP contribution in [0.5, 0.6) is 0 Å². The van der Waals surface area contributed by atoms with Gasteiger partial charge in [-0.15, -0.1) is 11.3 Å². The number of unbranched alkanes of at least 4 members (excludes halogenated alkanes) is 2. The number of carbonyl (C=O) groups is 3. The number of nitrogens with one attached hydrogen (secondary N) is 1. The number of likely N-dealkylation sites (N-methyl/N-ethyl adjacent to an activating group) is 1. The van der Waals surface area contributed by atoms with Gasteiger partial charge in [0, 0.05) is 18.0 Å². The third-order valence-corrected chi connectivity index (χ3v) is 16.0. The molecule has 0 aromatic carbocycles. The molecule has 12 heteroatoms. The maximum Gasteiger partial charge on any atom is 0.357 e. The Balaban J connectivity index is 2.55. The summed E-state index contributed by atoms with van der Waals surface area (Å²) in [5.41, 5.74) is 0.267. The molecule has 1 aliphatic rings. The molecule has 1 fully saturated rings. The zero-order valence-corrected chi connectivity index (χ0v) is 33.5. The van der Waals surface area contributed by atoms with E-state index in [9.17, 15) is 14.4 Å². The largest absolute Gasteiger partial charge is 0.464 e. The summed E-state index contributed by atoms with van der Waals surface area (Å²) in [5.74, 6) is -0.694. The van der Waals surface area contributed by atoms with Crippen LogP contribution in [0.2, 0.25) is 18.1 Å².